The summed E-state index contributed by atoms with van der Waals surface area (Å²) in [7, 11) is 2.13. The Balaban J connectivity index is 0.00000506. The number of ether oxygens (including phenoxy) is 3. The van der Waals surface area contributed by atoms with Crippen LogP contribution in [0.5, 0.6) is 11.6 Å². The third kappa shape index (κ3) is 9.58. The van der Waals surface area contributed by atoms with Crippen molar-refractivity contribution in [2.75, 3.05) is 26.7 Å². The van der Waals surface area contributed by atoms with Crippen LogP contribution in [0.3, 0.4) is 0 Å². The zero-order valence-electron chi connectivity index (χ0n) is 25.5. The number of hydrogen-bond donors (Lipinski definition) is 0. The molecule has 0 fully saturated rings. The van der Waals surface area contributed by atoms with Gasteiger partial charge in [0.15, 0.2) is 0 Å². The van der Waals surface area contributed by atoms with Crippen LogP contribution < -0.4 is 33.5 Å². The van der Waals surface area contributed by atoms with Gasteiger partial charge < -0.3 is 38.2 Å². The number of unbranched alkanes of at least 4 members (excludes halogenated alkanes) is 3. The lowest BCUT2D eigenvalue weighted by Gasteiger charge is -2.44. The predicted octanol–water partition coefficient (Wildman–Crippen LogP) is 3.72. The molecule has 8 nitrogen and oxygen atoms in total. The first-order chi connectivity index (χ1) is 20.3. The second kappa shape index (κ2) is 16.9. The van der Waals surface area contributed by atoms with Gasteiger partial charge in [0, 0.05) is 23.5 Å². The van der Waals surface area contributed by atoms with Crippen molar-refractivity contribution in [3.63, 3.8) is 0 Å². The third-order valence-corrected chi connectivity index (χ3v) is 8.03. The van der Waals surface area contributed by atoms with Gasteiger partial charge in [-0.3, -0.25) is 9.28 Å². The number of aromatic nitrogens is 2. The molecular formula is C33H42IN3O5S. The van der Waals surface area contributed by atoms with Crippen LogP contribution >= 0.6 is 11.7 Å². The van der Waals surface area contributed by atoms with Gasteiger partial charge in [-0.1, -0.05) is 82.5 Å². The first kappa shape index (κ1) is 34.7. The molecule has 0 bridgehead atoms. The second-order valence-electron chi connectivity index (χ2n) is 11.4. The van der Waals surface area contributed by atoms with Gasteiger partial charge in [0.05, 0.1) is 43.9 Å². The molecule has 0 amide bonds. The Bertz CT molecular complexity index is 1360. The Morgan fingerprint density at radius 3 is 2.49 bits per heavy atom. The maximum Gasteiger partial charge on any atom is 0.343 e. The maximum absolute atomic E-state index is 13.3. The van der Waals surface area contributed by atoms with Gasteiger partial charge in [0.25, 0.3) is 5.88 Å². The molecule has 0 N–H and O–H groups in total. The monoisotopic (exact) mass is 719 g/mol. The van der Waals surface area contributed by atoms with Gasteiger partial charge in [-0.15, -0.1) is 4.37 Å². The molecular weight excluding hydrogens is 677 g/mol. The average Bonchev–Trinajstić information content (AvgIpc) is 3.46. The minimum absolute atomic E-state index is 0. The van der Waals surface area contributed by atoms with Gasteiger partial charge in [-0.2, -0.15) is 4.37 Å². The number of likely N-dealkylation sites (N-methyl/N-ethyl adjacent to an activating group) is 1. The Labute approximate surface area is 276 Å². The van der Waals surface area contributed by atoms with E-state index in [9.17, 15) is 9.59 Å². The topological polar surface area (TPSA) is 87.6 Å². The minimum atomic E-state index is -0.469. The number of nitrogens with zero attached hydrogens (tertiary/aromatic N) is 3. The molecule has 0 spiro atoms. The number of quaternary nitrogens is 1. The van der Waals surface area contributed by atoms with Crippen LogP contribution in [-0.4, -0.2) is 58.1 Å². The largest absolute Gasteiger partial charge is 1.00 e. The molecule has 0 saturated heterocycles. The smallest absolute Gasteiger partial charge is 0.343 e. The lowest BCUT2D eigenvalue weighted by molar-refractivity contribution is -0.950. The zero-order valence-corrected chi connectivity index (χ0v) is 28.4. The third-order valence-electron chi connectivity index (χ3n) is 7.52. The van der Waals surface area contributed by atoms with Crippen molar-refractivity contribution in [2.24, 2.45) is 5.92 Å². The van der Waals surface area contributed by atoms with E-state index in [4.69, 9.17) is 14.2 Å². The Kier molecular flexibility index (Phi) is 13.6. The van der Waals surface area contributed by atoms with E-state index in [0.29, 0.717) is 40.4 Å². The summed E-state index contributed by atoms with van der Waals surface area (Å²) in [6.07, 6.45) is 7.19. The van der Waals surface area contributed by atoms with Gasteiger partial charge in [0.2, 0.25) is 6.23 Å². The van der Waals surface area contributed by atoms with Crippen molar-refractivity contribution < 1.29 is 52.3 Å². The molecule has 2 heterocycles. The molecule has 10 heteroatoms. The minimum Gasteiger partial charge on any atom is -1.00 e. The van der Waals surface area contributed by atoms with Crippen LogP contribution in [0, 0.1) is 5.92 Å². The normalized spacial score (nSPS) is 17.0. The summed E-state index contributed by atoms with van der Waals surface area (Å²) in [5, 5.41) is 0. The highest BCUT2D eigenvalue weighted by molar-refractivity contribution is 6.99. The van der Waals surface area contributed by atoms with E-state index in [2.05, 4.69) is 42.6 Å². The number of halogens is 1. The lowest BCUT2D eigenvalue weighted by Crippen LogP contribution is -3.00. The number of carbonyl (C=O) groups is 2. The van der Waals surface area contributed by atoms with Crippen LogP contribution in [0.1, 0.15) is 74.5 Å². The molecule has 2 aromatic carbocycles. The van der Waals surface area contributed by atoms with E-state index in [1.165, 1.54) is 12.8 Å². The summed E-state index contributed by atoms with van der Waals surface area (Å²) in [5.41, 5.74) is 2.91. The van der Waals surface area contributed by atoms with E-state index >= 15 is 0 Å². The van der Waals surface area contributed by atoms with Gasteiger partial charge in [-0.25, -0.2) is 4.79 Å². The standard InChI is InChI=1S/C33H42N3O5S.HI/c1-5-6-7-13-21-39-31-30(34-42-35-31)27-18-14-20-36(4,23-27)32(24(2)3)41-29(37)22-26-17-11-12-19-28(26)40-33(38)25-15-9-8-10-16-25;/h8-12,15-19,24,32H,5-7,13-14,20-23H2,1-4H3;1H/q+1;/p-1. The highest BCUT2D eigenvalue weighted by Crippen LogP contribution is 2.33. The number of esters is 2. The highest BCUT2D eigenvalue weighted by atomic mass is 127. The summed E-state index contributed by atoms with van der Waals surface area (Å²) in [6.45, 7) is 8.45. The molecule has 4 rings (SSSR count). The summed E-state index contributed by atoms with van der Waals surface area (Å²) < 4.78 is 27.4. The van der Waals surface area contributed by atoms with Crippen LogP contribution in [0.25, 0.3) is 5.57 Å². The van der Waals surface area contributed by atoms with Crippen molar-refractivity contribution in [1.82, 2.24) is 8.75 Å². The molecule has 1 aliphatic rings. The zero-order chi connectivity index (χ0) is 30.0. The van der Waals surface area contributed by atoms with Crippen molar-refractivity contribution >= 4 is 29.2 Å². The van der Waals surface area contributed by atoms with Crippen molar-refractivity contribution in [3.05, 3.63) is 77.5 Å². The number of rotatable bonds is 14. The Morgan fingerprint density at radius 1 is 1.00 bits per heavy atom. The van der Waals surface area contributed by atoms with E-state index in [-0.39, 0.29) is 48.5 Å². The second-order valence-corrected chi connectivity index (χ2v) is 11.9. The molecule has 0 saturated carbocycles. The van der Waals surface area contributed by atoms with Gasteiger partial charge in [0.1, 0.15) is 18.0 Å². The molecule has 232 valence electrons. The number of carbonyl (C=O) groups excluding carboxylic acids is 2. The predicted molar refractivity (Wildman–Crippen MR) is 164 cm³/mol. The molecule has 2 atom stereocenters. The first-order valence-electron chi connectivity index (χ1n) is 14.8. The summed E-state index contributed by atoms with van der Waals surface area (Å²) in [4.78, 5) is 26.0. The van der Waals surface area contributed by atoms with Gasteiger partial charge >= 0.3 is 11.9 Å². The molecule has 1 aromatic heterocycles. The Morgan fingerprint density at radius 2 is 1.74 bits per heavy atom. The molecule has 0 aliphatic carbocycles. The fraction of sp³-hybridized carbons (Fsp3) is 0.455. The van der Waals surface area contributed by atoms with E-state index in [1.54, 1.807) is 42.5 Å². The molecule has 3 aromatic rings. The van der Waals surface area contributed by atoms with E-state index < -0.39 is 5.97 Å². The van der Waals surface area contributed by atoms with Crippen molar-refractivity contribution in [2.45, 2.75) is 65.5 Å². The Hall–Kier alpha value is -2.83. The van der Waals surface area contributed by atoms with E-state index in [1.807, 2.05) is 12.1 Å². The molecule has 43 heavy (non-hydrogen) atoms. The number of benzene rings is 2. The quantitative estimate of drug-likeness (QED) is 0.0826. The SMILES string of the molecule is CCCCCCOc1nsnc1C1=CCC[N+](C)(C(OC(=O)Cc2ccccc2OC(=O)c2ccccc2)C(C)C)C1.[I-]. The van der Waals surface area contributed by atoms with E-state index in [0.717, 1.165) is 48.8 Å². The van der Waals surface area contributed by atoms with Crippen LogP contribution in [-0.2, 0) is 16.0 Å². The van der Waals surface area contributed by atoms with Crippen LogP contribution in [0.15, 0.2) is 60.7 Å². The van der Waals surface area contributed by atoms with Crippen LogP contribution in [0.2, 0.25) is 0 Å². The number of hydrogen-bond acceptors (Lipinski definition) is 8. The summed E-state index contributed by atoms with van der Waals surface area (Å²) >= 11 is 1.16. The van der Waals surface area contributed by atoms with Crippen molar-refractivity contribution in [3.8, 4) is 11.6 Å². The highest BCUT2D eigenvalue weighted by Gasteiger charge is 2.41. The summed E-state index contributed by atoms with van der Waals surface area (Å²) in [6, 6.07) is 15.9. The molecule has 1 aliphatic heterocycles. The fourth-order valence-corrected chi connectivity index (χ4v) is 5.95. The molecule has 2 unspecified atom stereocenters. The maximum atomic E-state index is 13.3. The average molecular weight is 720 g/mol. The summed E-state index contributed by atoms with van der Waals surface area (Å²) in [5.74, 6) is 0.191. The van der Waals surface area contributed by atoms with Crippen molar-refractivity contribution in [1.29, 1.82) is 0 Å². The lowest BCUT2D eigenvalue weighted by atomic mass is 10.0. The number of para-hydroxylation sites is 1. The molecule has 0 radical (unpaired) electrons. The fourth-order valence-electron chi connectivity index (χ4n) is 5.42. The first-order valence-corrected chi connectivity index (χ1v) is 15.6. The van der Waals surface area contributed by atoms with Gasteiger partial charge in [-0.05, 0) is 24.6 Å². The van der Waals surface area contributed by atoms with Crippen LogP contribution in [0.4, 0.5) is 0 Å².